The second-order valence-electron chi connectivity index (χ2n) is 13.5. The summed E-state index contributed by atoms with van der Waals surface area (Å²) < 4.78 is 2.29. The number of nitrogens with zero attached hydrogens (tertiary/aromatic N) is 3. The number of aromatic nitrogens is 3. The van der Waals surface area contributed by atoms with Crippen molar-refractivity contribution < 1.29 is 0 Å². The lowest BCUT2D eigenvalue weighted by molar-refractivity contribution is 0.769. The molecule has 0 fully saturated rings. The molecule has 7 aromatic carbocycles. The van der Waals surface area contributed by atoms with E-state index in [1.165, 1.54) is 44.2 Å². The molecule has 0 radical (unpaired) electrons. The SMILES string of the molecule is CCc1c(-c2ccccc2)nc(-n2c3ccccc3c3c4c(ccc32)C(c2ccccc2)(c2ccccc2)c2ccccc2-4)nc1-c1ccccc1. The van der Waals surface area contributed by atoms with Crippen LogP contribution in [0, 0.1) is 0 Å². The third kappa shape index (κ3) is 4.32. The van der Waals surface area contributed by atoms with Gasteiger partial charge in [0.05, 0.1) is 27.8 Å². The maximum Gasteiger partial charge on any atom is 0.235 e. The van der Waals surface area contributed by atoms with E-state index in [9.17, 15) is 0 Å². The van der Waals surface area contributed by atoms with Crippen molar-refractivity contribution in [1.82, 2.24) is 14.5 Å². The quantitative estimate of drug-likeness (QED) is 0.177. The van der Waals surface area contributed by atoms with E-state index in [-0.39, 0.29) is 0 Å². The molecule has 0 spiro atoms. The van der Waals surface area contributed by atoms with E-state index in [1.807, 2.05) is 0 Å². The second-order valence-corrected chi connectivity index (χ2v) is 13.5. The van der Waals surface area contributed by atoms with Crippen LogP contribution in [0.4, 0.5) is 0 Å². The standard InChI is InChI=1S/C49H35N3/c1-2-37-46(33-19-7-3-8-20-33)50-48(51-47(37)34-21-9-4-10-22-34)52-42-30-18-16-28-39(42)45-43(52)32-31-41-44(45)38-27-15-17-29-40(38)49(41,35-23-11-5-12-24-35)36-25-13-6-14-26-36/h3-32H,2H2,1H3. The second kappa shape index (κ2) is 12.0. The van der Waals surface area contributed by atoms with Crippen molar-refractivity contribution >= 4 is 21.8 Å². The van der Waals surface area contributed by atoms with Crippen molar-refractivity contribution in [3.05, 3.63) is 210 Å². The first kappa shape index (κ1) is 30.3. The Morgan fingerprint density at radius 2 is 1.00 bits per heavy atom. The minimum absolute atomic E-state index is 0.480. The van der Waals surface area contributed by atoms with Gasteiger partial charge in [0, 0.05) is 27.5 Å². The van der Waals surface area contributed by atoms with Gasteiger partial charge in [-0.3, -0.25) is 4.57 Å². The van der Waals surface area contributed by atoms with Gasteiger partial charge in [-0.15, -0.1) is 0 Å². The van der Waals surface area contributed by atoms with E-state index >= 15 is 0 Å². The van der Waals surface area contributed by atoms with Crippen LogP contribution in [0.2, 0.25) is 0 Å². The lowest BCUT2D eigenvalue weighted by Gasteiger charge is -2.33. The lowest BCUT2D eigenvalue weighted by atomic mass is 9.67. The van der Waals surface area contributed by atoms with Gasteiger partial charge in [0.1, 0.15) is 0 Å². The topological polar surface area (TPSA) is 30.7 Å². The first-order valence-corrected chi connectivity index (χ1v) is 18.1. The van der Waals surface area contributed by atoms with Gasteiger partial charge in [0.15, 0.2) is 0 Å². The van der Waals surface area contributed by atoms with Crippen molar-refractivity contribution in [3.8, 4) is 39.6 Å². The van der Waals surface area contributed by atoms with Gasteiger partial charge in [-0.2, -0.15) is 0 Å². The zero-order chi connectivity index (χ0) is 34.6. The smallest absolute Gasteiger partial charge is 0.235 e. The van der Waals surface area contributed by atoms with Gasteiger partial charge in [0.2, 0.25) is 5.95 Å². The van der Waals surface area contributed by atoms with Crippen LogP contribution in [-0.4, -0.2) is 14.5 Å². The number of fused-ring (bicyclic) bond motifs is 7. The van der Waals surface area contributed by atoms with Crippen LogP contribution in [0.3, 0.4) is 0 Å². The summed E-state index contributed by atoms with van der Waals surface area (Å²) in [5.41, 5.74) is 14.6. The van der Waals surface area contributed by atoms with Gasteiger partial charge < -0.3 is 0 Å². The highest BCUT2D eigenvalue weighted by molar-refractivity contribution is 6.18. The molecule has 0 saturated carbocycles. The maximum atomic E-state index is 5.46. The van der Waals surface area contributed by atoms with E-state index in [0.717, 1.165) is 45.5 Å². The van der Waals surface area contributed by atoms with E-state index in [0.29, 0.717) is 5.95 Å². The highest BCUT2D eigenvalue weighted by atomic mass is 15.2. The molecular weight excluding hydrogens is 631 g/mol. The number of hydrogen-bond donors (Lipinski definition) is 0. The van der Waals surface area contributed by atoms with Crippen LogP contribution in [0.1, 0.15) is 34.7 Å². The molecule has 1 aliphatic rings. The van der Waals surface area contributed by atoms with Crippen molar-refractivity contribution in [3.63, 3.8) is 0 Å². The molecular formula is C49H35N3. The molecule has 9 aromatic rings. The normalized spacial score (nSPS) is 12.9. The molecule has 2 aromatic heterocycles. The molecule has 2 heterocycles. The molecule has 0 bridgehead atoms. The fourth-order valence-corrected chi connectivity index (χ4v) is 8.78. The Morgan fingerprint density at radius 1 is 0.481 bits per heavy atom. The summed E-state index contributed by atoms with van der Waals surface area (Å²) >= 11 is 0. The molecule has 1 aliphatic carbocycles. The molecule has 3 heteroatoms. The molecule has 3 nitrogen and oxygen atoms in total. The van der Waals surface area contributed by atoms with Crippen molar-refractivity contribution in [1.29, 1.82) is 0 Å². The summed E-state index contributed by atoms with van der Waals surface area (Å²) in [6.07, 6.45) is 0.813. The van der Waals surface area contributed by atoms with Crippen LogP contribution in [0.15, 0.2) is 182 Å². The fourth-order valence-electron chi connectivity index (χ4n) is 8.78. The largest absolute Gasteiger partial charge is 0.278 e. The Kier molecular flexibility index (Phi) is 7.00. The van der Waals surface area contributed by atoms with Gasteiger partial charge in [-0.25, -0.2) is 9.97 Å². The molecule has 0 amide bonds. The van der Waals surface area contributed by atoms with Gasteiger partial charge in [0.25, 0.3) is 0 Å². The Morgan fingerprint density at radius 3 is 1.60 bits per heavy atom. The zero-order valence-electron chi connectivity index (χ0n) is 28.9. The van der Waals surface area contributed by atoms with E-state index < -0.39 is 5.41 Å². The van der Waals surface area contributed by atoms with Crippen molar-refractivity contribution in [2.45, 2.75) is 18.8 Å². The summed E-state index contributed by atoms with van der Waals surface area (Å²) in [6, 6.07) is 65.5. The van der Waals surface area contributed by atoms with Crippen molar-refractivity contribution in [2.24, 2.45) is 0 Å². The summed E-state index contributed by atoms with van der Waals surface area (Å²) in [5, 5.41) is 2.41. The highest BCUT2D eigenvalue weighted by Crippen LogP contribution is 2.58. The molecule has 0 unspecified atom stereocenters. The first-order valence-electron chi connectivity index (χ1n) is 18.1. The van der Waals surface area contributed by atoms with E-state index in [1.54, 1.807) is 0 Å². The van der Waals surface area contributed by atoms with Gasteiger partial charge in [-0.05, 0) is 51.9 Å². The Bertz CT molecular complexity index is 2650. The van der Waals surface area contributed by atoms with Gasteiger partial charge >= 0.3 is 0 Å². The number of benzene rings is 7. The maximum absolute atomic E-state index is 5.46. The summed E-state index contributed by atoms with van der Waals surface area (Å²) in [5.74, 6) is 0.671. The first-order chi connectivity index (χ1) is 25.8. The zero-order valence-corrected chi connectivity index (χ0v) is 28.9. The average Bonchev–Trinajstić information content (AvgIpc) is 3.72. The minimum atomic E-state index is -0.480. The molecule has 0 N–H and O–H groups in total. The lowest BCUT2D eigenvalue weighted by Crippen LogP contribution is -2.28. The molecule has 0 atom stereocenters. The molecule has 52 heavy (non-hydrogen) atoms. The van der Waals surface area contributed by atoms with Crippen molar-refractivity contribution in [2.75, 3.05) is 0 Å². The molecule has 246 valence electrons. The Labute approximate surface area is 303 Å². The molecule has 0 saturated heterocycles. The molecule has 0 aliphatic heterocycles. The fraction of sp³-hybridized carbons (Fsp3) is 0.0612. The predicted octanol–water partition coefficient (Wildman–Crippen LogP) is 11.8. The third-order valence-corrected chi connectivity index (χ3v) is 10.9. The average molecular weight is 666 g/mol. The number of rotatable bonds is 6. The van der Waals surface area contributed by atoms with Crippen LogP contribution in [0.25, 0.3) is 61.4 Å². The minimum Gasteiger partial charge on any atom is -0.278 e. The van der Waals surface area contributed by atoms with Crippen LogP contribution in [-0.2, 0) is 11.8 Å². The van der Waals surface area contributed by atoms with Crippen LogP contribution in [0.5, 0.6) is 0 Å². The molecule has 10 rings (SSSR count). The van der Waals surface area contributed by atoms with Crippen LogP contribution < -0.4 is 0 Å². The number of para-hydroxylation sites is 1. The predicted molar refractivity (Wildman–Crippen MR) is 214 cm³/mol. The third-order valence-electron chi connectivity index (χ3n) is 10.9. The highest BCUT2D eigenvalue weighted by Gasteiger charge is 2.47. The van der Waals surface area contributed by atoms with E-state index in [4.69, 9.17) is 9.97 Å². The monoisotopic (exact) mass is 665 g/mol. The Hall–Kier alpha value is -6.58. The number of hydrogen-bond acceptors (Lipinski definition) is 2. The Balaban J connectivity index is 1.34. The summed E-state index contributed by atoms with van der Waals surface area (Å²) in [7, 11) is 0. The summed E-state index contributed by atoms with van der Waals surface area (Å²) in [4.78, 5) is 10.9. The van der Waals surface area contributed by atoms with Gasteiger partial charge in [-0.1, -0.05) is 177 Å². The van der Waals surface area contributed by atoms with E-state index in [2.05, 4.69) is 193 Å². The van der Waals surface area contributed by atoms with Crippen LogP contribution >= 0.6 is 0 Å². The summed E-state index contributed by atoms with van der Waals surface area (Å²) in [6.45, 7) is 2.20.